The Morgan fingerprint density at radius 2 is 1.87 bits per heavy atom. The van der Waals surface area contributed by atoms with Gasteiger partial charge in [-0.25, -0.2) is 9.78 Å². The summed E-state index contributed by atoms with van der Waals surface area (Å²) >= 11 is 0. The van der Waals surface area contributed by atoms with Gasteiger partial charge in [-0.1, -0.05) is 25.3 Å². The average molecular weight is 413 g/mol. The van der Waals surface area contributed by atoms with E-state index in [0.29, 0.717) is 25.7 Å². The summed E-state index contributed by atoms with van der Waals surface area (Å²) in [5, 5.41) is 2.91. The third kappa shape index (κ3) is 4.55. The molecule has 2 aliphatic heterocycles. The molecular weight excluding hydrogens is 376 g/mol. The van der Waals surface area contributed by atoms with Gasteiger partial charge in [0.05, 0.1) is 12.2 Å². The Hall–Kier alpha value is -2.31. The van der Waals surface area contributed by atoms with Crippen LogP contribution in [0.1, 0.15) is 62.6 Å². The number of piperidine rings is 1. The highest BCUT2D eigenvalue weighted by molar-refractivity contribution is 5.75. The van der Waals surface area contributed by atoms with E-state index in [1.165, 1.54) is 51.4 Å². The quantitative estimate of drug-likeness (QED) is 0.750. The van der Waals surface area contributed by atoms with Crippen molar-refractivity contribution >= 4 is 17.8 Å². The van der Waals surface area contributed by atoms with E-state index in [9.17, 15) is 4.79 Å². The Kier molecular flexibility index (Phi) is 6.75. The molecule has 1 N–H and O–H groups in total. The zero-order valence-corrected chi connectivity index (χ0v) is 18.4. The lowest BCUT2D eigenvalue weighted by molar-refractivity contribution is 0.193. The number of hydrogen-bond donors (Lipinski definition) is 1. The monoisotopic (exact) mass is 412 g/mol. The van der Waals surface area contributed by atoms with Gasteiger partial charge in [0.2, 0.25) is 5.95 Å². The van der Waals surface area contributed by atoms with E-state index in [4.69, 9.17) is 9.97 Å². The van der Waals surface area contributed by atoms with Crippen LogP contribution in [0.4, 0.5) is 16.6 Å². The molecule has 1 saturated heterocycles. The number of aromatic nitrogens is 2. The standard InChI is InChI=1S/C23H36N6O/c1-3-13-24-23(30)29-16-12-20-19(17-29)21(28-14-8-5-9-15-28)26-22(25-20)27(2)18-10-6-4-7-11-18/h3,18H,1,4-17H2,2H3,(H,24,30). The third-order valence-corrected chi connectivity index (χ3v) is 6.80. The summed E-state index contributed by atoms with van der Waals surface area (Å²) in [6.45, 7) is 7.53. The van der Waals surface area contributed by atoms with Crippen LogP contribution in [0.15, 0.2) is 12.7 Å². The summed E-state index contributed by atoms with van der Waals surface area (Å²) in [5.74, 6) is 1.92. The molecule has 0 unspecified atom stereocenters. The maximum Gasteiger partial charge on any atom is 0.317 e. The largest absolute Gasteiger partial charge is 0.356 e. The average Bonchev–Trinajstić information content (AvgIpc) is 2.82. The van der Waals surface area contributed by atoms with Crippen LogP contribution in [0.5, 0.6) is 0 Å². The van der Waals surface area contributed by atoms with Crippen molar-refractivity contribution in [1.82, 2.24) is 20.2 Å². The molecule has 0 radical (unpaired) electrons. The van der Waals surface area contributed by atoms with Crippen LogP contribution in [-0.4, -0.2) is 60.2 Å². The molecule has 0 aromatic carbocycles. The highest BCUT2D eigenvalue weighted by atomic mass is 16.2. The molecule has 30 heavy (non-hydrogen) atoms. The molecule has 1 aliphatic carbocycles. The highest BCUT2D eigenvalue weighted by Gasteiger charge is 2.30. The smallest absolute Gasteiger partial charge is 0.317 e. The zero-order chi connectivity index (χ0) is 20.9. The fourth-order valence-electron chi connectivity index (χ4n) is 4.99. The van der Waals surface area contributed by atoms with Crippen LogP contribution in [-0.2, 0) is 13.0 Å². The van der Waals surface area contributed by atoms with E-state index in [2.05, 4.69) is 28.7 Å². The van der Waals surface area contributed by atoms with Crippen molar-refractivity contribution in [3.63, 3.8) is 0 Å². The first-order chi connectivity index (χ1) is 14.7. The molecule has 0 bridgehead atoms. The van der Waals surface area contributed by atoms with Crippen LogP contribution in [0.3, 0.4) is 0 Å². The SMILES string of the molecule is C=CCNC(=O)N1CCc2nc(N(C)C3CCCCC3)nc(N3CCCCC3)c2C1. The molecule has 7 heteroatoms. The molecule has 3 heterocycles. The molecule has 1 aromatic rings. The van der Waals surface area contributed by atoms with Crippen LogP contribution < -0.4 is 15.1 Å². The predicted octanol–water partition coefficient (Wildman–Crippen LogP) is 3.49. The van der Waals surface area contributed by atoms with Gasteiger partial charge in [0.1, 0.15) is 5.82 Å². The number of anilines is 2. The molecule has 2 amide bonds. The van der Waals surface area contributed by atoms with E-state index in [0.717, 1.165) is 42.5 Å². The van der Waals surface area contributed by atoms with Gasteiger partial charge in [-0.3, -0.25) is 0 Å². The maximum absolute atomic E-state index is 12.5. The second-order valence-corrected chi connectivity index (χ2v) is 8.87. The van der Waals surface area contributed by atoms with Gasteiger partial charge >= 0.3 is 6.03 Å². The van der Waals surface area contributed by atoms with Gasteiger partial charge in [-0.15, -0.1) is 6.58 Å². The number of fused-ring (bicyclic) bond motifs is 1. The lowest BCUT2D eigenvalue weighted by Gasteiger charge is -2.37. The van der Waals surface area contributed by atoms with E-state index in [-0.39, 0.29) is 6.03 Å². The Balaban J connectivity index is 1.62. The van der Waals surface area contributed by atoms with E-state index >= 15 is 0 Å². The second kappa shape index (κ2) is 9.67. The fraction of sp³-hybridized carbons (Fsp3) is 0.696. The zero-order valence-electron chi connectivity index (χ0n) is 18.4. The molecular formula is C23H36N6O. The van der Waals surface area contributed by atoms with Crippen molar-refractivity contribution in [2.24, 2.45) is 0 Å². The molecule has 1 saturated carbocycles. The summed E-state index contributed by atoms with van der Waals surface area (Å²) in [7, 11) is 2.16. The molecule has 0 spiro atoms. The van der Waals surface area contributed by atoms with E-state index < -0.39 is 0 Å². The molecule has 1 aromatic heterocycles. The van der Waals surface area contributed by atoms with Crippen molar-refractivity contribution in [1.29, 1.82) is 0 Å². The van der Waals surface area contributed by atoms with Crippen LogP contribution in [0.2, 0.25) is 0 Å². The van der Waals surface area contributed by atoms with Gasteiger partial charge < -0.3 is 20.0 Å². The molecule has 2 fully saturated rings. The summed E-state index contributed by atoms with van der Waals surface area (Å²) in [6.07, 6.45) is 12.6. The maximum atomic E-state index is 12.5. The van der Waals surface area contributed by atoms with E-state index in [1.807, 2.05) is 4.90 Å². The lowest BCUT2D eigenvalue weighted by Crippen LogP contribution is -2.44. The lowest BCUT2D eigenvalue weighted by atomic mass is 9.95. The van der Waals surface area contributed by atoms with Crippen LogP contribution in [0.25, 0.3) is 0 Å². The fourth-order valence-corrected chi connectivity index (χ4v) is 4.99. The number of amides is 2. The van der Waals surface area contributed by atoms with Crippen molar-refractivity contribution in [2.75, 3.05) is 43.0 Å². The van der Waals surface area contributed by atoms with Gasteiger partial charge in [0, 0.05) is 51.3 Å². The summed E-state index contributed by atoms with van der Waals surface area (Å²) < 4.78 is 0. The van der Waals surface area contributed by atoms with Gasteiger partial charge in [-0.2, -0.15) is 4.98 Å². The van der Waals surface area contributed by atoms with Gasteiger partial charge in [0.25, 0.3) is 0 Å². The van der Waals surface area contributed by atoms with Crippen molar-refractivity contribution < 1.29 is 4.79 Å². The summed E-state index contributed by atoms with van der Waals surface area (Å²) in [4.78, 5) is 29.3. The number of nitrogens with zero attached hydrogens (tertiary/aromatic N) is 5. The first-order valence-electron chi connectivity index (χ1n) is 11.7. The Bertz CT molecular complexity index is 754. The van der Waals surface area contributed by atoms with Gasteiger partial charge in [-0.05, 0) is 32.1 Å². The first-order valence-corrected chi connectivity index (χ1v) is 11.7. The van der Waals surface area contributed by atoms with Gasteiger partial charge in [0.15, 0.2) is 0 Å². The second-order valence-electron chi connectivity index (χ2n) is 8.87. The van der Waals surface area contributed by atoms with Crippen LogP contribution >= 0.6 is 0 Å². The summed E-state index contributed by atoms with van der Waals surface area (Å²) in [5.41, 5.74) is 2.26. The highest BCUT2D eigenvalue weighted by Crippen LogP contribution is 2.32. The van der Waals surface area contributed by atoms with Crippen molar-refractivity contribution in [2.45, 2.75) is 70.4 Å². The van der Waals surface area contributed by atoms with Crippen LogP contribution in [0, 0.1) is 0 Å². The topological polar surface area (TPSA) is 64.6 Å². The van der Waals surface area contributed by atoms with Crippen molar-refractivity contribution in [3.05, 3.63) is 23.9 Å². The molecule has 7 nitrogen and oxygen atoms in total. The molecule has 4 rings (SSSR count). The number of hydrogen-bond acceptors (Lipinski definition) is 5. The minimum Gasteiger partial charge on any atom is -0.356 e. The minimum absolute atomic E-state index is 0.0338. The number of carbonyl (C=O) groups is 1. The molecule has 3 aliphatic rings. The normalized spacial score (nSPS) is 19.9. The minimum atomic E-state index is -0.0338. The Morgan fingerprint density at radius 1 is 1.13 bits per heavy atom. The number of nitrogens with one attached hydrogen (secondary N) is 1. The summed E-state index contributed by atoms with van der Waals surface area (Å²) in [6, 6.07) is 0.504. The first kappa shape index (κ1) is 20.9. The Labute approximate surface area is 180 Å². The number of urea groups is 1. The molecule has 164 valence electrons. The predicted molar refractivity (Wildman–Crippen MR) is 121 cm³/mol. The number of carbonyl (C=O) groups excluding carboxylic acids is 1. The third-order valence-electron chi connectivity index (χ3n) is 6.80. The molecule has 0 atom stereocenters. The Morgan fingerprint density at radius 3 is 2.60 bits per heavy atom. The van der Waals surface area contributed by atoms with Crippen molar-refractivity contribution in [3.8, 4) is 0 Å². The van der Waals surface area contributed by atoms with E-state index in [1.54, 1.807) is 6.08 Å². The number of rotatable bonds is 5.